The molecule has 1 fully saturated rings. The zero-order valence-electron chi connectivity index (χ0n) is 20.4. The van der Waals surface area contributed by atoms with E-state index >= 15 is 0 Å². The lowest BCUT2D eigenvalue weighted by Crippen LogP contribution is -2.44. The zero-order chi connectivity index (χ0) is 25.3. The summed E-state index contributed by atoms with van der Waals surface area (Å²) >= 11 is 0. The highest BCUT2D eigenvalue weighted by Gasteiger charge is 2.28. The largest absolute Gasteiger partial charge is 0.494 e. The second kappa shape index (κ2) is 12.0. The van der Waals surface area contributed by atoms with Crippen molar-refractivity contribution in [1.29, 1.82) is 0 Å². The Morgan fingerprint density at radius 3 is 2.25 bits per heavy atom. The maximum absolute atomic E-state index is 12.9. The van der Waals surface area contributed by atoms with Crippen LogP contribution in [-0.4, -0.2) is 42.3 Å². The Labute approximate surface area is 211 Å². The highest BCUT2D eigenvalue weighted by molar-refractivity contribution is 6.04. The quantitative estimate of drug-likeness (QED) is 0.482. The Morgan fingerprint density at radius 1 is 0.889 bits per heavy atom. The van der Waals surface area contributed by atoms with E-state index in [1.807, 2.05) is 37.3 Å². The van der Waals surface area contributed by atoms with Crippen molar-refractivity contribution in [3.8, 4) is 5.75 Å². The topological polar surface area (TPSA) is 87.7 Å². The first-order chi connectivity index (χ1) is 17.5. The number of carbonyl (C=O) groups excluding carboxylic acids is 3. The second-order valence-corrected chi connectivity index (χ2v) is 8.82. The van der Waals surface area contributed by atoms with E-state index in [1.165, 1.54) is 0 Å². The van der Waals surface area contributed by atoms with Crippen LogP contribution in [0, 0.1) is 5.92 Å². The molecule has 3 amide bonds. The van der Waals surface area contributed by atoms with Gasteiger partial charge in [0, 0.05) is 30.0 Å². The molecule has 3 aromatic carbocycles. The highest BCUT2D eigenvalue weighted by atomic mass is 16.5. The van der Waals surface area contributed by atoms with Crippen molar-refractivity contribution in [2.45, 2.75) is 26.2 Å². The van der Waals surface area contributed by atoms with Gasteiger partial charge in [-0.05, 0) is 73.9 Å². The van der Waals surface area contributed by atoms with E-state index in [9.17, 15) is 14.4 Å². The van der Waals surface area contributed by atoms with Crippen LogP contribution in [0.4, 0.5) is 11.4 Å². The van der Waals surface area contributed by atoms with Gasteiger partial charge in [0.1, 0.15) is 5.75 Å². The number of carbonyl (C=O) groups is 3. The van der Waals surface area contributed by atoms with E-state index in [1.54, 1.807) is 53.4 Å². The lowest BCUT2D eigenvalue weighted by atomic mass is 9.96. The third kappa shape index (κ3) is 6.72. The molecule has 0 spiro atoms. The SMILES string of the molecule is CCOc1ccc(NC(=O)c2ccc(NC(=O)C3CCCN(C(=O)Cc4ccccc4)C3)cc2)cc1. The summed E-state index contributed by atoms with van der Waals surface area (Å²) in [4.78, 5) is 40.0. The number of nitrogens with one attached hydrogen (secondary N) is 2. The number of piperidine rings is 1. The molecule has 36 heavy (non-hydrogen) atoms. The highest BCUT2D eigenvalue weighted by Crippen LogP contribution is 2.21. The summed E-state index contributed by atoms with van der Waals surface area (Å²) in [6.45, 7) is 3.59. The number of hydrogen-bond acceptors (Lipinski definition) is 4. The molecule has 186 valence electrons. The number of benzene rings is 3. The molecule has 1 atom stereocenters. The summed E-state index contributed by atoms with van der Waals surface area (Å²) in [5, 5.41) is 5.79. The number of nitrogens with zero attached hydrogens (tertiary/aromatic N) is 1. The zero-order valence-corrected chi connectivity index (χ0v) is 20.4. The monoisotopic (exact) mass is 485 g/mol. The molecule has 2 N–H and O–H groups in total. The van der Waals surface area contributed by atoms with E-state index in [4.69, 9.17) is 4.74 Å². The van der Waals surface area contributed by atoms with Crippen molar-refractivity contribution in [2.24, 2.45) is 5.92 Å². The van der Waals surface area contributed by atoms with Crippen LogP contribution in [0.2, 0.25) is 0 Å². The minimum Gasteiger partial charge on any atom is -0.494 e. The molecule has 7 heteroatoms. The Hall–Kier alpha value is -4.13. The van der Waals surface area contributed by atoms with Gasteiger partial charge in [-0.25, -0.2) is 0 Å². The fourth-order valence-corrected chi connectivity index (χ4v) is 4.25. The van der Waals surface area contributed by atoms with E-state index in [-0.39, 0.29) is 23.6 Å². The number of rotatable bonds is 8. The molecule has 4 rings (SSSR count). The van der Waals surface area contributed by atoms with Crippen LogP contribution in [0.1, 0.15) is 35.7 Å². The Kier molecular flexibility index (Phi) is 8.34. The Balaban J connectivity index is 1.29. The molecule has 1 saturated heterocycles. The van der Waals surface area contributed by atoms with Crippen LogP contribution in [-0.2, 0) is 16.0 Å². The molecular formula is C29H31N3O4. The molecule has 3 aromatic rings. The normalized spacial score (nSPS) is 15.1. The van der Waals surface area contributed by atoms with E-state index in [0.717, 1.165) is 24.2 Å². The molecule has 1 unspecified atom stereocenters. The molecule has 1 heterocycles. The summed E-state index contributed by atoms with van der Waals surface area (Å²) in [6.07, 6.45) is 1.88. The van der Waals surface area contributed by atoms with Crippen LogP contribution < -0.4 is 15.4 Å². The second-order valence-electron chi connectivity index (χ2n) is 8.82. The van der Waals surface area contributed by atoms with Gasteiger partial charge in [0.05, 0.1) is 18.9 Å². The number of amides is 3. The predicted octanol–water partition coefficient (Wildman–Crippen LogP) is 4.76. The summed E-state index contributed by atoms with van der Waals surface area (Å²) in [5.74, 6) is 0.177. The summed E-state index contributed by atoms with van der Waals surface area (Å²) in [6, 6.07) is 23.6. The standard InChI is InChI=1S/C29H31N3O4/c1-2-36-26-16-14-25(15-17-26)30-28(34)22-10-12-24(13-11-22)31-29(35)23-9-6-18-32(20-23)27(33)19-21-7-4-3-5-8-21/h3-5,7-8,10-17,23H,2,6,9,18-20H2,1H3,(H,30,34)(H,31,35). The summed E-state index contributed by atoms with van der Waals surface area (Å²) < 4.78 is 5.41. The van der Waals surface area contributed by atoms with Crippen LogP contribution in [0.25, 0.3) is 0 Å². The summed E-state index contributed by atoms with van der Waals surface area (Å²) in [7, 11) is 0. The first kappa shape index (κ1) is 25.0. The molecular weight excluding hydrogens is 454 g/mol. The molecule has 1 aliphatic rings. The van der Waals surface area contributed by atoms with Gasteiger partial charge in [0.25, 0.3) is 5.91 Å². The maximum atomic E-state index is 12.9. The van der Waals surface area contributed by atoms with Gasteiger partial charge in [0.2, 0.25) is 11.8 Å². The van der Waals surface area contributed by atoms with Crippen molar-refractivity contribution in [1.82, 2.24) is 4.90 Å². The van der Waals surface area contributed by atoms with Crippen molar-refractivity contribution in [3.05, 3.63) is 90.0 Å². The van der Waals surface area contributed by atoms with Crippen molar-refractivity contribution >= 4 is 29.1 Å². The minimum atomic E-state index is -0.263. The van der Waals surface area contributed by atoms with Gasteiger partial charge in [0.15, 0.2) is 0 Å². The van der Waals surface area contributed by atoms with Crippen LogP contribution in [0.3, 0.4) is 0 Å². The number of anilines is 2. The van der Waals surface area contributed by atoms with Gasteiger partial charge in [-0.2, -0.15) is 0 Å². The number of ether oxygens (including phenoxy) is 1. The molecule has 0 saturated carbocycles. The first-order valence-corrected chi connectivity index (χ1v) is 12.3. The van der Waals surface area contributed by atoms with Gasteiger partial charge >= 0.3 is 0 Å². The summed E-state index contributed by atoms with van der Waals surface area (Å²) in [5.41, 5.74) is 2.74. The number of hydrogen-bond donors (Lipinski definition) is 2. The van der Waals surface area contributed by atoms with Crippen molar-refractivity contribution in [2.75, 3.05) is 30.3 Å². The first-order valence-electron chi connectivity index (χ1n) is 12.3. The van der Waals surface area contributed by atoms with Crippen LogP contribution in [0.15, 0.2) is 78.9 Å². The fraction of sp³-hybridized carbons (Fsp3) is 0.276. The van der Waals surface area contributed by atoms with Crippen molar-refractivity contribution in [3.63, 3.8) is 0 Å². The average Bonchev–Trinajstić information content (AvgIpc) is 2.91. The predicted molar refractivity (Wildman–Crippen MR) is 140 cm³/mol. The van der Waals surface area contributed by atoms with Gasteiger partial charge < -0.3 is 20.3 Å². The lowest BCUT2D eigenvalue weighted by molar-refractivity contribution is -0.133. The molecule has 0 radical (unpaired) electrons. The van der Waals surface area contributed by atoms with E-state index in [0.29, 0.717) is 43.1 Å². The van der Waals surface area contributed by atoms with Gasteiger partial charge in [-0.3, -0.25) is 14.4 Å². The minimum absolute atomic E-state index is 0.0431. The average molecular weight is 486 g/mol. The van der Waals surface area contributed by atoms with E-state index in [2.05, 4.69) is 10.6 Å². The van der Waals surface area contributed by atoms with Crippen LogP contribution in [0.5, 0.6) is 5.75 Å². The fourth-order valence-electron chi connectivity index (χ4n) is 4.25. The third-order valence-electron chi connectivity index (χ3n) is 6.18. The Bertz CT molecular complexity index is 1180. The van der Waals surface area contributed by atoms with E-state index < -0.39 is 0 Å². The molecule has 7 nitrogen and oxygen atoms in total. The van der Waals surface area contributed by atoms with Gasteiger partial charge in [-0.15, -0.1) is 0 Å². The molecule has 0 aromatic heterocycles. The third-order valence-corrected chi connectivity index (χ3v) is 6.18. The number of likely N-dealkylation sites (tertiary alicyclic amines) is 1. The lowest BCUT2D eigenvalue weighted by Gasteiger charge is -2.32. The van der Waals surface area contributed by atoms with Crippen molar-refractivity contribution < 1.29 is 19.1 Å². The van der Waals surface area contributed by atoms with Crippen LogP contribution >= 0.6 is 0 Å². The molecule has 0 aliphatic carbocycles. The van der Waals surface area contributed by atoms with Gasteiger partial charge in [-0.1, -0.05) is 30.3 Å². The maximum Gasteiger partial charge on any atom is 0.255 e. The molecule has 0 bridgehead atoms. The Morgan fingerprint density at radius 2 is 1.56 bits per heavy atom. The smallest absolute Gasteiger partial charge is 0.255 e. The molecule has 1 aliphatic heterocycles.